The number of carbonyl (C=O) groups is 1. The van der Waals surface area contributed by atoms with Gasteiger partial charge in [-0.25, -0.2) is 5.43 Å². The third-order valence-electron chi connectivity index (χ3n) is 3.13. The van der Waals surface area contributed by atoms with Crippen molar-refractivity contribution in [1.82, 2.24) is 5.43 Å². The Morgan fingerprint density at radius 2 is 1.92 bits per heavy atom. The van der Waals surface area contributed by atoms with Crippen molar-refractivity contribution in [2.45, 2.75) is 13.8 Å². The Bertz CT molecular complexity index is 771. The minimum absolute atomic E-state index is 0.130. The molecule has 0 spiro atoms. The Morgan fingerprint density at radius 3 is 2.54 bits per heavy atom. The van der Waals surface area contributed by atoms with Crippen LogP contribution in [0.3, 0.4) is 0 Å². The van der Waals surface area contributed by atoms with E-state index >= 15 is 0 Å². The van der Waals surface area contributed by atoms with E-state index in [-0.39, 0.29) is 12.5 Å². The largest absolute Gasteiger partial charge is 0.483 e. The number of benzene rings is 2. The summed E-state index contributed by atoms with van der Waals surface area (Å²) in [6.45, 7) is 3.71. The van der Waals surface area contributed by atoms with Crippen LogP contribution in [0.4, 0.5) is 0 Å². The van der Waals surface area contributed by atoms with Crippen LogP contribution in [-0.4, -0.2) is 18.7 Å². The van der Waals surface area contributed by atoms with Gasteiger partial charge in [-0.15, -0.1) is 0 Å². The van der Waals surface area contributed by atoms with E-state index < -0.39 is 0 Å². The smallest absolute Gasteiger partial charge is 0.277 e. The Hall–Kier alpha value is -1.56. The lowest BCUT2D eigenvalue weighted by atomic mass is 10.1. The number of amides is 1. The van der Waals surface area contributed by atoms with Gasteiger partial charge in [-0.05, 0) is 49.2 Å². The molecule has 1 amide bonds. The van der Waals surface area contributed by atoms with Gasteiger partial charge in [0.1, 0.15) is 5.75 Å². The average Bonchev–Trinajstić information content (AvgIpc) is 2.48. The molecular weight excluding hydrogens is 415 g/mol. The Morgan fingerprint density at radius 1 is 1.25 bits per heavy atom. The van der Waals surface area contributed by atoms with E-state index in [1.807, 2.05) is 26.0 Å². The molecular formula is C17H15BrCl2N2O2. The van der Waals surface area contributed by atoms with Gasteiger partial charge in [0.25, 0.3) is 5.91 Å². The molecule has 126 valence electrons. The van der Waals surface area contributed by atoms with E-state index in [0.717, 1.165) is 15.6 Å². The maximum Gasteiger partial charge on any atom is 0.277 e. The van der Waals surface area contributed by atoms with Gasteiger partial charge in [-0.2, -0.15) is 5.10 Å². The molecule has 2 rings (SSSR count). The molecule has 0 atom stereocenters. The van der Waals surface area contributed by atoms with Crippen LogP contribution in [0, 0.1) is 13.8 Å². The maximum atomic E-state index is 11.8. The molecule has 0 aromatic heterocycles. The molecule has 0 aliphatic carbocycles. The molecule has 0 heterocycles. The van der Waals surface area contributed by atoms with E-state index in [1.54, 1.807) is 18.2 Å². The standard InChI is InChI=1S/C17H15BrCl2N2O2/c1-10-5-13(18)6-11(2)17(10)24-9-16(23)22-21-8-12-3-4-14(19)7-15(12)20/h3-8H,9H2,1-2H3,(H,22,23)/b21-8-. The molecule has 1 N–H and O–H groups in total. The van der Waals surface area contributed by atoms with Crippen molar-refractivity contribution in [3.05, 3.63) is 61.5 Å². The summed E-state index contributed by atoms with van der Waals surface area (Å²) in [6, 6.07) is 8.88. The van der Waals surface area contributed by atoms with Gasteiger partial charge in [0.15, 0.2) is 6.61 Å². The number of ether oxygens (including phenoxy) is 1. The highest BCUT2D eigenvalue weighted by atomic mass is 79.9. The number of carbonyl (C=O) groups excluding carboxylic acids is 1. The predicted octanol–water partition coefficient (Wildman–Crippen LogP) is 4.90. The highest BCUT2D eigenvalue weighted by Crippen LogP contribution is 2.27. The third kappa shape index (κ3) is 5.23. The Balaban J connectivity index is 1.91. The van der Waals surface area contributed by atoms with Gasteiger partial charge in [-0.3, -0.25) is 4.79 Å². The lowest BCUT2D eigenvalue weighted by molar-refractivity contribution is -0.123. The summed E-state index contributed by atoms with van der Waals surface area (Å²) in [5.74, 6) is 0.330. The molecule has 0 radical (unpaired) electrons. The highest BCUT2D eigenvalue weighted by molar-refractivity contribution is 9.10. The van der Waals surface area contributed by atoms with E-state index in [9.17, 15) is 4.79 Å². The second kappa shape index (κ2) is 8.51. The minimum Gasteiger partial charge on any atom is -0.483 e. The van der Waals surface area contributed by atoms with Crippen molar-refractivity contribution in [1.29, 1.82) is 0 Å². The normalized spacial score (nSPS) is 10.9. The number of hydrazone groups is 1. The molecule has 0 fully saturated rings. The van der Waals surface area contributed by atoms with Gasteiger partial charge in [0.05, 0.1) is 11.2 Å². The fourth-order valence-electron chi connectivity index (χ4n) is 2.08. The number of halogens is 3. The highest BCUT2D eigenvalue weighted by Gasteiger charge is 2.08. The molecule has 2 aromatic carbocycles. The van der Waals surface area contributed by atoms with Crippen LogP contribution >= 0.6 is 39.1 Å². The number of nitrogens with zero attached hydrogens (tertiary/aromatic N) is 1. The minimum atomic E-state index is -0.363. The van der Waals surface area contributed by atoms with Gasteiger partial charge >= 0.3 is 0 Å². The number of nitrogens with one attached hydrogen (secondary N) is 1. The molecule has 0 saturated heterocycles. The van der Waals surface area contributed by atoms with Gasteiger partial charge in [0.2, 0.25) is 0 Å². The molecule has 0 aliphatic rings. The summed E-state index contributed by atoms with van der Waals surface area (Å²) in [5, 5.41) is 4.86. The van der Waals surface area contributed by atoms with E-state index in [2.05, 4.69) is 26.5 Å². The number of aryl methyl sites for hydroxylation is 2. The summed E-state index contributed by atoms with van der Waals surface area (Å²) in [4.78, 5) is 11.8. The van der Waals surface area contributed by atoms with Crippen molar-refractivity contribution in [3.63, 3.8) is 0 Å². The first-order valence-electron chi connectivity index (χ1n) is 7.03. The quantitative estimate of drug-likeness (QED) is 0.542. The van der Waals surface area contributed by atoms with Gasteiger partial charge in [0, 0.05) is 15.1 Å². The Kier molecular flexibility index (Phi) is 6.66. The van der Waals surface area contributed by atoms with Crippen LogP contribution in [0.5, 0.6) is 5.75 Å². The predicted molar refractivity (Wildman–Crippen MR) is 101 cm³/mol. The van der Waals surface area contributed by atoms with Crippen LogP contribution < -0.4 is 10.2 Å². The first kappa shape index (κ1) is 18.8. The first-order valence-corrected chi connectivity index (χ1v) is 8.58. The third-order valence-corrected chi connectivity index (χ3v) is 4.15. The lowest BCUT2D eigenvalue weighted by Crippen LogP contribution is -2.25. The molecule has 24 heavy (non-hydrogen) atoms. The van der Waals surface area contributed by atoms with Crippen molar-refractivity contribution in [2.24, 2.45) is 5.10 Å². The van der Waals surface area contributed by atoms with Crippen LogP contribution in [0.15, 0.2) is 39.9 Å². The van der Waals surface area contributed by atoms with E-state index in [4.69, 9.17) is 27.9 Å². The zero-order valence-corrected chi connectivity index (χ0v) is 16.2. The molecule has 0 bridgehead atoms. The summed E-state index contributed by atoms with van der Waals surface area (Å²) >= 11 is 15.3. The van der Waals surface area contributed by atoms with Crippen LogP contribution in [0.25, 0.3) is 0 Å². The fraction of sp³-hybridized carbons (Fsp3) is 0.176. The number of hydrogen-bond donors (Lipinski definition) is 1. The molecule has 0 unspecified atom stereocenters. The van der Waals surface area contributed by atoms with Gasteiger partial charge in [-0.1, -0.05) is 45.2 Å². The first-order chi connectivity index (χ1) is 11.4. The number of hydrogen-bond acceptors (Lipinski definition) is 3. The summed E-state index contributed by atoms with van der Waals surface area (Å²) in [7, 11) is 0. The summed E-state index contributed by atoms with van der Waals surface area (Å²) in [6.07, 6.45) is 1.45. The van der Waals surface area contributed by atoms with E-state index in [0.29, 0.717) is 21.4 Å². The summed E-state index contributed by atoms with van der Waals surface area (Å²) in [5.41, 5.74) is 4.95. The monoisotopic (exact) mass is 428 g/mol. The lowest BCUT2D eigenvalue weighted by Gasteiger charge is -2.11. The zero-order chi connectivity index (χ0) is 17.7. The van der Waals surface area contributed by atoms with E-state index in [1.165, 1.54) is 6.21 Å². The average molecular weight is 430 g/mol. The van der Waals surface area contributed by atoms with Crippen molar-refractivity contribution in [3.8, 4) is 5.75 Å². The Labute approximate surface area is 158 Å². The molecule has 0 saturated carbocycles. The summed E-state index contributed by atoms with van der Waals surface area (Å²) < 4.78 is 6.55. The molecule has 7 heteroatoms. The van der Waals surface area contributed by atoms with Crippen LogP contribution in [-0.2, 0) is 4.79 Å². The van der Waals surface area contributed by atoms with Crippen LogP contribution in [0.1, 0.15) is 16.7 Å². The van der Waals surface area contributed by atoms with Gasteiger partial charge < -0.3 is 4.74 Å². The van der Waals surface area contributed by atoms with Crippen molar-refractivity contribution >= 4 is 51.3 Å². The molecule has 0 aliphatic heterocycles. The second-order valence-electron chi connectivity index (χ2n) is 5.12. The number of rotatable bonds is 5. The SMILES string of the molecule is Cc1cc(Br)cc(C)c1OCC(=O)N/N=C\c1ccc(Cl)cc1Cl. The van der Waals surface area contributed by atoms with Crippen molar-refractivity contribution in [2.75, 3.05) is 6.61 Å². The molecule has 2 aromatic rings. The second-order valence-corrected chi connectivity index (χ2v) is 6.88. The fourth-order valence-corrected chi connectivity index (χ4v) is 3.22. The maximum absolute atomic E-state index is 11.8. The topological polar surface area (TPSA) is 50.7 Å². The molecule has 4 nitrogen and oxygen atoms in total. The van der Waals surface area contributed by atoms with Crippen LogP contribution in [0.2, 0.25) is 10.0 Å². The van der Waals surface area contributed by atoms with Crippen molar-refractivity contribution < 1.29 is 9.53 Å². The zero-order valence-electron chi connectivity index (χ0n) is 13.1.